The van der Waals surface area contributed by atoms with Gasteiger partial charge in [-0.1, -0.05) is 152 Å². The smallest absolute Gasteiger partial charge is 0.311 e. The summed E-state index contributed by atoms with van der Waals surface area (Å²) in [5.41, 5.74) is 2.20. The lowest BCUT2D eigenvalue weighted by Gasteiger charge is -2.50. The summed E-state index contributed by atoms with van der Waals surface area (Å²) >= 11 is 0. The number of benzene rings is 5. The summed E-state index contributed by atoms with van der Waals surface area (Å²) in [5, 5.41) is 0. The number of hydrogen-bond acceptors (Lipinski definition) is 15. The van der Waals surface area contributed by atoms with E-state index < -0.39 is 90.1 Å². The lowest BCUT2D eigenvalue weighted by molar-refractivity contribution is -0.369. The minimum Gasteiger partial charge on any atom is -0.463 e. The zero-order valence-corrected chi connectivity index (χ0v) is 45.2. The third-order valence-electron chi connectivity index (χ3n) is 12.9. The summed E-state index contributed by atoms with van der Waals surface area (Å²) in [6, 6.07) is 47.3. The second kappa shape index (κ2) is 28.5. The Morgan fingerprint density at radius 2 is 0.831 bits per heavy atom. The molecule has 412 valence electrons. The molecule has 10 atom stereocenters. The monoisotopic (exact) mass is 1060 g/mol. The summed E-state index contributed by atoms with van der Waals surface area (Å²) in [4.78, 5) is 55.0. The number of methoxy groups -OCH3 is 1. The number of rotatable bonds is 25. The molecule has 5 aromatic rings. The Balaban J connectivity index is 1.30. The maximum absolute atomic E-state index is 14.4. The Hall–Kier alpha value is -6.14. The molecule has 0 bridgehead atoms. The van der Waals surface area contributed by atoms with Gasteiger partial charge in [-0.3, -0.25) is 19.2 Å². The molecule has 7 rings (SSSR count). The third-order valence-corrected chi connectivity index (χ3v) is 12.9. The van der Waals surface area contributed by atoms with Crippen LogP contribution >= 0.6 is 0 Å². The van der Waals surface area contributed by atoms with Crippen LogP contribution in [0.5, 0.6) is 0 Å². The number of carbonyl (C=O) groups is 4. The van der Waals surface area contributed by atoms with Crippen LogP contribution in [0.1, 0.15) is 82.2 Å². The standard InChI is InChI=1S/C62H74O15/c1-61(2,3)59(65)76-55-54(72-39-46-31-21-12-22-32-46)52(48(73-57(55)67-7)40-68-36-43-25-15-9-16-26-43)75-58-56(77-60(66)62(4,5)6)53(71-38-45-29-19-11-20-30-45)51(70-37-44-27-17-10-18-28-44)49(74-58)41-69-50(64)34-33-47(63)35-42-23-13-8-14-24-42/h8-32,48-49,51-58H,33-41H2,1-7H3/t48-,49-,51-,52-,53+,54+,55-,56-,57-,58-/m1/s1. The second-order valence-corrected chi connectivity index (χ2v) is 21.3. The van der Waals surface area contributed by atoms with Crippen LogP contribution in [0.3, 0.4) is 0 Å². The van der Waals surface area contributed by atoms with Gasteiger partial charge in [-0.05, 0) is 69.4 Å². The summed E-state index contributed by atoms with van der Waals surface area (Å²) < 4.78 is 72.5. The fraction of sp³-hybridized carbons (Fsp3) is 0.452. The molecule has 2 saturated heterocycles. The minimum atomic E-state index is -1.53. The van der Waals surface area contributed by atoms with Crippen molar-refractivity contribution in [2.45, 2.75) is 149 Å². The molecule has 2 aliphatic heterocycles. The van der Waals surface area contributed by atoms with Crippen molar-refractivity contribution < 1.29 is 71.3 Å². The first-order chi connectivity index (χ1) is 37.0. The number of Topliss-reactive ketones (excluding diaryl/α,β-unsaturated/α-hetero) is 1. The first-order valence-corrected chi connectivity index (χ1v) is 26.3. The molecule has 0 saturated carbocycles. The van der Waals surface area contributed by atoms with Gasteiger partial charge in [-0.2, -0.15) is 0 Å². The van der Waals surface area contributed by atoms with Gasteiger partial charge in [0.15, 0.2) is 24.8 Å². The van der Waals surface area contributed by atoms with E-state index in [2.05, 4.69) is 0 Å². The summed E-state index contributed by atoms with van der Waals surface area (Å²) in [7, 11) is 1.45. The fourth-order valence-electron chi connectivity index (χ4n) is 8.64. The van der Waals surface area contributed by atoms with Crippen molar-refractivity contribution in [3.63, 3.8) is 0 Å². The molecule has 0 aromatic heterocycles. The van der Waals surface area contributed by atoms with E-state index in [1.165, 1.54) is 7.11 Å². The van der Waals surface area contributed by atoms with E-state index in [1.807, 2.05) is 152 Å². The zero-order valence-electron chi connectivity index (χ0n) is 45.2. The molecule has 0 N–H and O–H groups in total. The van der Waals surface area contributed by atoms with Crippen molar-refractivity contribution in [1.29, 1.82) is 0 Å². The van der Waals surface area contributed by atoms with Crippen LogP contribution in [0, 0.1) is 10.8 Å². The van der Waals surface area contributed by atoms with E-state index in [9.17, 15) is 19.2 Å². The van der Waals surface area contributed by atoms with Gasteiger partial charge in [0.05, 0.1) is 50.3 Å². The molecule has 5 aromatic carbocycles. The normalized spacial score (nSPS) is 23.6. The van der Waals surface area contributed by atoms with Crippen LogP contribution in [0.4, 0.5) is 0 Å². The highest BCUT2D eigenvalue weighted by Crippen LogP contribution is 2.38. The van der Waals surface area contributed by atoms with Crippen LogP contribution in [-0.2, 0) is 104 Å². The van der Waals surface area contributed by atoms with Crippen LogP contribution < -0.4 is 0 Å². The van der Waals surface area contributed by atoms with Crippen molar-refractivity contribution in [3.05, 3.63) is 179 Å². The average Bonchev–Trinajstić information content (AvgIpc) is 3.42. The van der Waals surface area contributed by atoms with Crippen LogP contribution in [0.25, 0.3) is 0 Å². The number of esters is 3. The average molecular weight is 1060 g/mol. The number of ether oxygens (including phenoxy) is 11. The number of carbonyl (C=O) groups excluding carboxylic acids is 4. The van der Waals surface area contributed by atoms with Gasteiger partial charge in [0.1, 0.15) is 49.0 Å². The third kappa shape index (κ3) is 17.7. The SMILES string of the molecule is CO[C@@H]1O[C@H](COCc2ccccc2)[C@@H](O[C@H]2O[C@H](COC(=O)CCC(=O)Cc3ccccc3)[C@@H](OCc3ccccc3)[C@H](OCc3ccccc3)[C@H]2OC(=O)C(C)(C)C)[C@H](OCc2ccccc2)[C@H]1OC(=O)C(C)(C)C. The molecule has 0 spiro atoms. The van der Waals surface area contributed by atoms with Gasteiger partial charge in [0.2, 0.25) is 0 Å². The minimum absolute atomic E-state index is 0.0364. The van der Waals surface area contributed by atoms with E-state index in [0.29, 0.717) is 0 Å². The molecule has 0 radical (unpaired) electrons. The molecule has 0 aliphatic carbocycles. The molecule has 2 heterocycles. The topological polar surface area (TPSA) is 170 Å². The Morgan fingerprint density at radius 3 is 1.29 bits per heavy atom. The molecule has 2 aliphatic rings. The Morgan fingerprint density at radius 1 is 0.442 bits per heavy atom. The highest BCUT2D eigenvalue weighted by Gasteiger charge is 2.56. The molecule has 15 heteroatoms. The van der Waals surface area contributed by atoms with Gasteiger partial charge >= 0.3 is 17.9 Å². The first kappa shape index (κ1) is 58.5. The van der Waals surface area contributed by atoms with E-state index in [0.717, 1.165) is 27.8 Å². The second-order valence-electron chi connectivity index (χ2n) is 21.3. The first-order valence-electron chi connectivity index (χ1n) is 26.3. The van der Waals surface area contributed by atoms with Crippen molar-refractivity contribution in [3.8, 4) is 0 Å². The molecular formula is C62H74O15. The van der Waals surface area contributed by atoms with Crippen molar-refractivity contribution >= 4 is 23.7 Å². The quantitative estimate of drug-likeness (QED) is 0.0400. The van der Waals surface area contributed by atoms with E-state index in [-0.39, 0.29) is 64.7 Å². The lowest BCUT2D eigenvalue weighted by atomic mass is 9.94. The van der Waals surface area contributed by atoms with Crippen molar-refractivity contribution in [2.24, 2.45) is 10.8 Å². The van der Waals surface area contributed by atoms with Crippen LogP contribution in [-0.4, -0.2) is 105 Å². The van der Waals surface area contributed by atoms with E-state index in [1.54, 1.807) is 41.5 Å². The number of hydrogen-bond donors (Lipinski definition) is 0. The Kier molecular flexibility index (Phi) is 21.6. The van der Waals surface area contributed by atoms with Crippen molar-refractivity contribution in [1.82, 2.24) is 0 Å². The van der Waals surface area contributed by atoms with Gasteiger partial charge in [0, 0.05) is 20.0 Å². The Bertz CT molecular complexity index is 2570. The predicted molar refractivity (Wildman–Crippen MR) is 284 cm³/mol. The molecular weight excluding hydrogens is 985 g/mol. The van der Waals surface area contributed by atoms with Crippen molar-refractivity contribution in [2.75, 3.05) is 20.3 Å². The zero-order chi connectivity index (χ0) is 54.8. The van der Waals surface area contributed by atoms with Gasteiger partial charge < -0.3 is 52.1 Å². The molecule has 2 fully saturated rings. The van der Waals surface area contributed by atoms with E-state index >= 15 is 0 Å². The summed E-state index contributed by atoms with van der Waals surface area (Å²) in [6.07, 6.45) is -12.1. The van der Waals surface area contributed by atoms with Crippen LogP contribution in [0.15, 0.2) is 152 Å². The predicted octanol–water partition coefficient (Wildman–Crippen LogP) is 9.49. The molecule has 15 nitrogen and oxygen atoms in total. The van der Waals surface area contributed by atoms with Gasteiger partial charge in [-0.15, -0.1) is 0 Å². The lowest BCUT2D eigenvalue weighted by Crippen LogP contribution is -2.67. The highest BCUT2D eigenvalue weighted by atomic mass is 16.8. The Labute approximate surface area is 452 Å². The van der Waals surface area contributed by atoms with Gasteiger partial charge in [0.25, 0.3) is 0 Å². The number of ketones is 1. The van der Waals surface area contributed by atoms with Gasteiger partial charge in [-0.25, -0.2) is 0 Å². The fourth-order valence-corrected chi connectivity index (χ4v) is 8.64. The maximum atomic E-state index is 14.4. The highest BCUT2D eigenvalue weighted by molar-refractivity contribution is 5.84. The molecule has 77 heavy (non-hydrogen) atoms. The van der Waals surface area contributed by atoms with E-state index in [4.69, 9.17) is 52.1 Å². The molecule has 0 amide bonds. The largest absolute Gasteiger partial charge is 0.463 e. The molecule has 0 unspecified atom stereocenters. The summed E-state index contributed by atoms with van der Waals surface area (Å²) in [6.45, 7) is 10.3. The maximum Gasteiger partial charge on any atom is 0.311 e. The van der Waals surface area contributed by atoms with Crippen LogP contribution in [0.2, 0.25) is 0 Å². The summed E-state index contributed by atoms with van der Waals surface area (Å²) in [5.74, 6) is -1.92.